The van der Waals surface area contributed by atoms with Crippen molar-refractivity contribution in [2.45, 2.75) is 6.04 Å². The van der Waals surface area contributed by atoms with Crippen molar-refractivity contribution in [2.24, 2.45) is 0 Å². The van der Waals surface area contributed by atoms with E-state index in [9.17, 15) is 4.79 Å². The Morgan fingerprint density at radius 1 is 1.10 bits per heavy atom. The van der Waals surface area contributed by atoms with Crippen molar-refractivity contribution < 1.29 is 9.53 Å². The fourth-order valence-corrected chi connectivity index (χ4v) is 2.05. The first-order chi connectivity index (χ1) is 10.3. The third kappa shape index (κ3) is 4.58. The average molecular weight is 281 g/mol. The van der Waals surface area contributed by atoms with Crippen LogP contribution in [0.1, 0.15) is 17.2 Å². The summed E-state index contributed by atoms with van der Waals surface area (Å²) >= 11 is 0. The van der Waals surface area contributed by atoms with Gasteiger partial charge in [-0.1, -0.05) is 72.8 Å². The zero-order valence-corrected chi connectivity index (χ0v) is 12.0. The predicted molar refractivity (Wildman–Crippen MR) is 84.7 cm³/mol. The van der Waals surface area contributed by atoms with E-state index in [1.165, 1.54) is 7.11 Å². The lowest BCUT2D eigenvalue weighted by Crippen LogP contribution is -2.29. The van der Waals surface area contributed by atoms with E-state index >= 15 is 0 Å². The molecule has 1 N–H and O–H groups in total. The molecule has 21 heavy (non-hydrogen) atoms. The fourth-order valence-electron chi connectivity index (χ4n) is 2.05. The van der Waals surface area contributed by atoms with Gasteiger partial charge in [0.05, 0.1) is 7.11 Å². The van der Waals surface area contributed by atoms with Gasteiger partial charge in [0.2, 0.25) is 0 Å². The van der Waals surface area contributed by atoms with Crippen LogP contribution in [0.25, 0.3) is 6.08 Å². The average Bonchev–Trinajstić information content (AvgIpc) is 2.56. The van der Waals surface area contributed by atoms with Crippen molar-refractivity contribution in [1.29, 1.82) is 0 Å². The summed E-state index contributed by atoms with van der Waals surface area (Å²) in [7, 11) is 1.40. The van der Waals surface area contributed by atoms with Crippen LogP contribution in [-0.4, -0.2) is 19.6 Å². The molecule has 0 bridgehead atoms. The number of methoxy groups -OCH3 is 1. The molecule has 1 atom stereocenters. The molecule has 0 fully saturated rings. The Labute approximate surface area is 125 Å². The standard InChI is InChI=1S/C18H19NO2/c1-21-18(20)17(16-12-6-3-7-13-16)19-14-8-11-15-9-4-2-5-10-15/h2-13,17,19H,14H2,1H3/t17-/m1/s1. The molecule has 3 heteroatoms. The molecule has 0 aromatic heterocycles. The summed E-state index contributed by atoms with van der Waals surface area (Å²) in [5.74, 6) is -0.283. The van der Waals surface area contributed by atoms with Gasteiger partial charge in [0.15, 0.2) is 0 Å². The molecule has 0 aliphatic carbocycles. The molecule has 0 radical (unpaired) electrons. The Balaban J connectivity index is 1.97. The third-order valence-electron chi connectivity index (χ3n) is 3.12. The third-order valence-corrected chi connectivity index (χ3v) is 3.12. The summed E-state index contributed by atoms with van der Waals surface area (Å²) in [5, 5.41) is 3.20. The van der Waals surface area contributed by atoms with E-state index in [-0.39, 0.29) is 5.97 Å². The first kappa shape index (κ1) is 15.0. The molecular formula is C18H19NO2. The minimum absolute atomic E-state index is 0.283. The van der Waals surface area contributed by atoms with Gasteiger partial charge in [-0.25, -0.2) is 4.79 Å². The number of benzene rings is 2. The Bertz CT molecular complexity index is 579. The van der Waals surface area contributed by atoms with Gasteiger partial charge in [-0.05, 0) is 11.1 Å². The number of esters is 1. The van der Waals surface area contributed by atoms with E-state index < -0.39 is 6.04 Å². The highest BCUT2D eigenvalue weighted by atomic mass is 16.5. The quantitative estimate of drug-likeness (QED) is 0.826. The van der Waals surface area contributed by atoms with E-state index in [0.717, 1.165) is 11.1 Å². The lowest BCUT2D eigenvalue weighted by molar-refractivity contribution is -0.143. The molecular weight excluding hydrogens is 262 g/mol. The van der Waals surface area contributed by atoms with Crippen LogP contribution in [0.4, 0.5) is 0 Å². The molecule has 0 heterocycles. The van der Waals surface area contributed by atoms with E-state index in [1.807, 2.05) is 72.8 Å². The van der Waals surface area contributed by atoms with Crippen molar-refractivity contribution in [3.05, 3.63) is 77.9 Å². The highest BCUT2D eigenvalue weighted by Crippen LogP contribution is 2.13. The largest absolute Gasteiger partial charge is 0.468 e. The number of hydrogen-bond acceptors (Lipinski definition) is 3. The monoisotopic (exact) mass is 281 g/mol. The topological polar surface area (TPSA) is 38.3 Å². The molecule has 2 rings (SSSR count). The minimum atomic E-state index is -0.448. The van der Waals surface area contributed by atoms with Gasteiger partial charge in [0.1, 0.15) is 6.04 Å². The minimum Gasteiger partial charge on any atom is -0.468 e. The van der Waals surface area contributed by atoms with Gasteiger partial charge in [0.25, 0.3) is 0 Å². The summed E-state index contributed by atoms with van der Waals surface area (Å²) in [6.07, 6.45) is 4.01. The smallest absolute Gasteiger partial charge is 0.327 e. The van der Waals surface area contributed by atoms with E-state index in [4.69, 9.17) is 4.74 Å². The van der Waals surface area contributed by atoms with Gasteiger partial charge in [-0.15, -0.1) is 0 Å². The van der Waals surface area contributed by atoms with Crippen LogP contribution in [0.2, 0.25) is 0 Å². The van der Waals surface area contributed by atoms with Gasteiger partial charge < -0.3 is 4.74 Å². The number of ether oxygens (including phenoxy) is 1. The van der Waals surface area contributed by atoms with Crippen molar-refractivity contribution in [3.63, 3.8) is 0 Å². The van der Waals surface area contributed by atoms with Crippen LogP contribution >= 0.6 is 0 Å². The van der Waals surface area contributed by atoms with Gasteiger partial charge >= 0.3 is 5.97 Å². The van der Waals surface area contributed by atoms with Crippen LogP contribution in [-0.2, 0) is 9.53 Å². The predicted octanol–water partition coefficient (Wildman–Crippen LogP) is 3.20. The molecule has 0 aliphatic heterocycles. The van der Waals surface area contributed by atoms with Crippen LogP contribution in [0, 0.1) is 0 Å². The Kier molecular flexibility index (Phi) is 5.73. The van der Waals surface area contributed by atoms with Crippen molar-refractivity contribution in [1.82, 2.24) is 5.32 Å². The second kappa shape index (κ2) is 8.02. The molecule has 108 valence electrons. The molecule has 2 aromatic carbocycles. The van der Waals surface area contributed by atoms with Crippen LogP contribution in [0.3, 0.4) is 0 Å². The highest BCUT2D eigenvalue weighted by Gasteiger charge is 2.19. The summed E-state index contributed by atoms with van der Waals surface area (Å²) in [6.45, 7) is 0.587. The lowest BCUT2D eigenvalue weighted by Gasteiger charge is -2.15. The van der Waals surface area contributed by atoms with E-state index in [2.05, 4.69) is 5.32 Å². The lowest BCUT2D eigenvalue weighted by atomic mass is 10.1. The van der Waals surface area contributed by atoms with Crippen molar-refractivity contribution in [3.8, 4) is 0 Å². The molecule has 3 nitrogen and oxygen atoms in total. The van der Waals surface area contributed by atoms with E-state index in [1.54, 1.807) is 0 Å². The number of carbonyl (C=O) groups excluding carboxylic acids is 1. The highest BCUT2D eigenvalue weighted by molar-refractivity contribution is 5.77. The zero-order valence-electron chi connectivity index (χ0n) is 12.0. The van der Waals surface area contributed by atoms with Crippen LogP contribution in [0.5, 0.6) is 0 Å². The Morgan fingerprint density at radius 2 is 1.71 bits per heavy atom. The second-order valence-electron chi connectivity index (χ2n) is 4.59. The Hall–Kier alpha value is -2.39. The SMILES string of the molecule is COC(=O)[C@H](NCC=Cc1ccccc1)c1ccccc1. The first-order valence-corrected chi connectivity index (χ1v) is 6.89. The molecule has 0 saturated heterocycles. The molecule has 0 unspecified atom stereocenters. The zero-order chi connectivity index (χ0) is 14.9. The van der Waals surface area contributed by atoms with Crippen LogP contribution < -0.4 is 5.32 Å². The molecule has 0 aliphatic rings. The number of nitrogens with one attached hydrogen (secondary N) is 1. The van der Waals surface area contributed by atoms with Gasteiger partial charge in [-0.3, -0.25) is 5.32 Å². The maximum absolute atomic E-state index is 11.9. The maximum Gasteiger partial charge on any atom is 0.327 e. The van der Waals surface area contributed by atoms with Gasteiger partial charge in [0, 0.05) is 6.54 Å². The first-order valence-electron chi connectivity index (χ1n) is 6.89. The molecule has 0 amide bonds. The number of rotatable bonds is 6. The number of carbonyl (C=O) groups is 1. The molecule has 2 aromatic rings. The second-order valence-corrected chi connectivity index (χ2v) is 4.59. The summed E-state index contributed by atoms with van der Waals surface area (Å²) < 4.78 is 4.86. The summed E-state index contributed by atoms with van der Waals surface area (Å²) in [5.41, 5.74) is 2.03. The molecule has 0 saturated carbocycles. The van der Waals surface area contributed by atoms with Crippen molar-refractivity contribution in [2.75, 3.05) is 13.7 Å². The Morgan fingerprint density at radius 3 is 2.33 bits per heavy atom. The maximum atomic E-state index is 11.9. The van der Waals surface area contributed by atoms with E-state index in [0.29, 0.717) is 6.54 Å². The fraction of sp³-hybridized carbons (Fsp3) is 0.167. The normalized spacial score (nSPS) is 12.2. The van der Waals surface area contributed by atoms with Crippen LogP contribution in [0.15, 0.2) is 66.7 Å². The number of hydrogen-bond donors (Lipinski definition) is 1. The van der Waals surface area contributed by atoms with Crippen molar-refractivity contribution >= 4 is 12.0 Å². The molecule has 0 spiro atoms. The summed E-state index contributed by atoms with van der Waals surface area (Å²) in [4.78, 5) is 11.9. The summed E-state index contributed by atoms with van der Waals surface area (Å²) in [6, 6.07) is 19.2. The van der Waals surface area contributed by atoms with Gasteiger partial charge in [-0.2, -0.15) is 0 Å².